The van der Waals surface area contributed by atoms with Crippen molar-refractivity contribution in [3.63, 3.8) is 0 Å². The fourth-order valence-electron chi connectivity index (χ4n) is 4.71. The molecule has 0 bridgehead atoms. The summed E-state index contributed by atoms with van der Waals surface area (Å²) in [6.45, 7) is 5.22. The summed E-state index contributed by atoms with van der Waals surface area (Å²) in [5, 5.41) is 0. The van der Waals surface area contributed by atoms with Crippen LogP contribution in [0.4, 0.5) is 0 Å². The molecule has 0 amide bonds. The summed E-state index contributed by atoms with van der Waals surface area (Å²) in [4.78, 5) is 24.8. The highest BCUT2D eigenvalue weighted by molar-refractivity contribution is 7.45. The maximum absolute atomic E-state index is 12.6. The van der Waals surface area contributed by atoms with E-state index < -0.39 is 13.9 Å². The van der Waals surface area contributed by atoms with Gasteiger partial charge in [0.2, 0.25) is 0 Å². The van der Waals surface area contributed by atoms with Crippen LogP contribution in [0.3, 0.4) is 0 Å². The van der Waals surface area contributed by atoms with Crippen LogP contribution in [0.15, 0.2) is 48.6 Å². The summed E-state index contributed by atoms with van der Waals surface area (Å²) < 4.78 is 34.3. The van der Waals surface area contributed by atoms with Crippen LogP contribution in [0.25, 0.3) is 0 Å². The van der Waals surface area contributed by atoms with Crippen molar-refractivity contribution in [1.29, 1.82) is 0 Å². The van der Waals surface area contributed by atoms with Crippen LogP contribution < -0.4 is 4.89 Å². The van der Waals surface area contributed by atoms with Gasteiger partial charge in [0.1, 0.15) is 19.3 Å². The number of phosphoric ester groups is 1. The molecule has 0 aliphatic heterocycles. The number of esters is 1. The third-order valence-electron chi connectivity index (χ3n) is 7.64. The normalized spacial score (nSPS) is 14.5. The lowest BCUT2D eigenvalue weighted by atomic mass is 10.1. The third-order valence-corrected chi connectivity index (χ3v) is 8.61. The molecule has 48 heavy (non-hydrogen) atoms. The minimum Gasteiger partial charge on any atom is -0.756 e. The second-order valence-electron chi connectivity index (χ2n) is 13.6. The van der Waals surface area contributed by atoms with Gasteiger partial charge in [-0.05, 0) is 51.4 Å². The number of hydrogen-bond donors (Lipinski definition) is 0. The average molecular weight is 698 g/mol. The molecule has 0 rings (SSSR count). The number of quaternary nitrogens is 1. The Morgan fingerprint density at radius 2 is 1.21 bits per heavy atom. The molecule has 0 aromatic rings. The van der Waals surface area contributed by atoms with E-state index >= 15 is 0 Å². The van der Waals surface area contributed by atoms with Gasteiger partial charge in [-0.3, -0.25) is 9.36 Å². The highest BCUT2D eigenvalue weighted by Crippen LogP contribution is 2.38. The summed E-state index contributed by atoms with van der Waals surface area (Å²) in [5.74, 6) is -0.353. The molecule has 0 spiro atoms. The van der Waals surface area contributed by atoms with Crippen molar-refractivity contribution < 1.29 is 37.3 Å². The molecule has 0 aromatic heterocycles. The molecule has 0 saturated carbocycles. The third kappa shape index (κ3) is 35.8. The Kier molecular flexibility index (Phi) is 31.6. The fourth-order valence-corrected chi connectivity index (χ4v) is 5.44. The van der Waals surface area contributed by atoms with Crippen molar-refractivity contribution in [2.24, 2.45) is 0 Å². The van der Waals surface area contributed by atoms with Gasteiger partial charge < -0.3 is 27.9 Å². The molecule has 9 heteroatoms. The number of unbranched alkanes of at least 4 members (excludes halogenated alkanes) is 12. The van der Waals surface area contributed by atoms with Crippen LogP contribution in [-0.2, 0) is 27.9 Å². The minimum atomic E-state index is -4.51. The van der Waals surface area contributed by atoms with Crippen LogP contribution in [-0.4, -0.2) is 70.7 Å². The summed E-state index contributed by atoms with van der Waals surface area (Å²) in [5.41, 5.74) is 0. The number of phosphoric acid groups is 1. The molecule has 0 aliphatic carbocycles. The van der Waals surface area contributed by atoms with Crippen LogP contribution in [0.5, 0.6) is 0 Å². The number of allylic oxidation sites excluding steroid dienone is 8. The van der Waals surface area contributed by atoms with Crippen molar-refractivity contribution in [2.75, 3.05) is 54.1 Å². The summed E-state index contributed by atoms with van der Waals surface area (Å²) in [6.07, 6.45) is 37.0. The first-order valence-electron chi connectivity index (χ1n) is 18.9. The van der Waals surface area contributed by atoms with Gasteiger partial charge in [-0.25, -0.2) is 0 Å². The zero-order valence-corrected chi connectivity index (χ0v) is 32.3. The number of ether oxygens (including phenoxy) is 2. The van der Waals surface area contributed by atoms with E-state index in [9.17, 15) is 14.3 Å². The van der Waals surface area contributed by atoms with Crippen molar-refractivity contribution in [3.8, 4) is 0 Å². The van der Waals surface area contributed by atoms with Crippen molar-refractivity contribution in [3.05, 3.63) is 48.6 Å². The maximum Gasteiger partial charge on any atom is 0.306 e. The Morgan fingerprint density at radius 3 is 1.81 bits per heavy atom. The summed E-state index contributed by atoms with van der Waals surface area (Å²) in [7, 11) is 1.34. The molecule has 0 N–H and O–H groups in total. The van der Waals surface area contributed by atoms with Crippen LogP contribution in [0.2, 0.25) is 0 Å². The lowest BCUT2D eigenvalue weighted by molar-refractivity contribution is -0.870. The molecule has 2 atom stereocenters. The average Bonchev–Trinajstić information content (AvgIpc) is 3.03. The van der Waals surface area contributed by atoms with Gasteiger partial charge >= 0.3 is 5.97 Å². The number of carbonyl (C=O) groups is 1. The van der Waals surface area contributed by atoms with Gasteiger partial charge in [0.25, 0.3) is 7.82 Å². The summed E-state index contributed by atoms with van der Waals surface area (Å²) >= 11 is 0. The quantitative estimate of drug-likeness (QED) is 0.0217. The number of carbonyl (C=O) groups excluding carboxylic acids is 1. The zero-order chi connectivity index (χ0) is 35.6. The number of nitrogens with zero attached hydrogens (tertiary/aromatic N) is 1. The SMILES string of the molecule is CC/C=C\C/C=C\C/C=C\C/C=C\CCCCCCCCC(=O)OC(COCCCCCCCCC)COP(=O)([O-])OCC[N+](C)(C)C. The second kappa shape index (κ2) is 32.7. The molecule has 0 aromatic carbocycles. The lowest BCUT2D eigenvalue weighted by Gasteiger charge is -2.28. The Morgan fingerprint density at radius 1 is 0.667 bits per heavy atom. The molecule has 280 valence electrons. The van der Waals surface area contributed by atoms with Crippen molar-refractivity contribution in [1.82, 2.24) is 0 Å². The monoisotopic (exact) mass is 698 g/mol. The van der Waals surface area contributed by atoms with Crippen molar-refractivity contribution in [2.45, 2.75) is 142 Å². The highest BCUT2D eigenvalue weighted by Gasteiger charge is 2.20. The lowest BCUT2D eigenvalue weighted by Crippen LogP contribution is -2.37. The van der Waals surface area contributed by atoms with Crippen molar-refractivity contribution >= 4 is 13.8 Å². The van der Waals surface area contributed by atoms with E-state index in [1.54, 1.807) is 0 Å². The molecule has 0 radical (unpaired) electrons. The van der Waals surface area contributed by atoms with Gasteiger partial charge in [-0.15, -0.1) is 0 Å². The van der Waals surface area contributed by atoms with E-state index in [1.165, 1.54) is 44.9 Å². The number of rotatable bonds is 34. The predicted octanol–water partition coefficient (Wildman–Crippen LogP) is 9.80. The van der Waals surface area contributed by atoms with Gasteiger partial charge in [-0.1, -0.05) is 127 Å². The van der Waals surface area contributed by atoms with Gasteiger partial charge in [0.15, 0.2) is 0 Å². The van der Waals surface area contributed by atoms with Gasteiger partial charge in [-0.2, -0.15) is 0 Å². The Hall–Kier alpha value is -1.54. The Balaban J connectivity index is 4.24. The maximum atomic E-state index is 12.6. The Bertz CT molecular complexity index is 911. The van der Waals surface area contributed by atoms with Crippen LogP contribution >= 0.6 is 7.82 Å². The Labute approximate surface area is 295 Å². The van der Waals surface area contributed by atoms with E-state index in [0.29, 0.717) is 24.1 Å². The smallest absolute Gasteiger partial charge is 0.306 e. The van der Waals surface area contributed by atoms with Crippen LogP contribution in [0, 0.1) is 0 Å². The van der Waals surface area contributed by atoms with E-state index in [0.717, 1.165) is 70.6 Å². The first kappa shape index (κ1) is 46.5. The minimum absolute atomic E-state index is 0.0217. The van der Waals surface area contributed by atoms with E-state index in [4.69, 9.17) is 18.5 Å². The molecule has 2 unspecified atom stereocenters. The second-order valence-corrected chi connectivity index (χ2v) is 15.0. The summed E-state index contributed by atoms with van der Waals surface area (Å²) in [6, 6.07) is 0. The molecular weight excluding hydrogens is 625 g/mol. The first-order valence-corrected chi connectivity index (χ1v) is 20.3. The van der Waals surface area contributed by atoms with E-state index in [-0.39, 0.29) is 25.8 Å². The fraction of sp³-hybridized carbons (Fsp3) is 0.769. The van der Waals surface area contributed by atoms with E-state index in [2.05, 4.69) is 62.5 Å². The molecule has 0 fully saturated rings. The van der Waals surface area contributed by atoms with Crippen LogP contribution in [0.1, 0.15) is 136 Å². The topological polar surface area (TPSA) is 94.1 Å². The zero-order valence-electron chi connectivity index (χ0n) is 31.4. The highest BCUT2D eigenvalue weighted by atomic mass is 31.2. The van der Waals surface area contributed by atoms with E-state index in [1.807, 2.05) is 21.1 Å². The molecule has 0 heterocycles. The van der Waals surface area contributed by atoms with Gasteiger partial charge in [0, 0.05) is 13.0 Å². The largest absolute Gasteiger partial charge is 0.756 e. The molecule has 8 nitrogen and oxygen atoms in total. The number of likely N-dealkylation sites (N-methyl/N-ethyl adjacent to an activating group) is 1. The molecule has 0 saturated heterocycles. The standard InChI is InChI=1S/C39H72NO7P/c1-6-8-10-12-14-15-16-17-18-19-20-21-22-23-24-25-26-28-30-32-39(41)47-38(36-44-34-31-29-27-13-11-9-7-2)37-46-48(42,43)45-35-33-40(3,4)5/h8,10,14-15,17-18,20-21,38H,6-7,9,11-13,16,19,22-37H2,1-5H3/b10-8-,15-14-,18-17-,21-20-. The first-order chi connectivity index (χ1) is 23.1. The van der Waals surface area contributed by atoms with Gasteiger partial charge in [0.05, 0.1) is 34.4 Å². The molecular formula is C39H72NO7P. The number of hydrogen-bond acceptors (Lipinski definition) is 7. The predicted molar refractivity (Wildman–Crippen MR) is 199 cm³/mol. The molecule has 0 aliphatic rings.